The standard InChI is InChI=1S/C13H19BrN6/c1-5-20-16-7-10(19-20)6-15-13-11(14)9(4)17-12(18-13)8(2)3/h7-8H,5-6H2,1-4H3,(H,15,17,18). The predicted molar refractivity (Wildman–Crippen MR) is 81.6 cm³/mol. The maximum atomic E-state index is 4.55. The van der Waals surface area contributed by atoms with Crippen LogP contribution in [0.1, 0.15) is 43.9 Å². The summed E-state index contributed by atoms with van der Waals surface area (Å²) in [7, 11) is 0. The van der Waals surface area contributed by atoms with E-state index in [0.717, 1.165) is 34.0 Å². The summed E-state index contributed by atoms with van der Waals surface area (Å²) < 4.78 is 0.893. The van der Waals surface area contributed by atoms with Gasteiger partial charge < -0.3 is 5.32 Å². The van der Waals surface area contributed by atoms with Crippen LogP contribution in [0.15, 0.2) is 10.7 Å². The number of hydrogen-bond donors (Lipinski definition) is 1. The van der Waals surface area contributed by atoms with Crippen molar-refractivity contribution in [2.45, 2.75) is 46.7 Å². The largest absolute Gasteiger partial charge is 0.363 e. The van der Waals surface area contributed by atoms with Crippen molar-refractivity contribution in [1.29, 1.82) is 0 Å². The third kappa shape index (κ3) is 3.33. The van der Waals surface area contributed by atoms with Crippen molar-refractivity contribution in [2.24, 2.45) is 0 Å². The number of hydrogen-bond acceptors (Lipinski definition) is 5. The summed E-state index contributed by atoms with van der Waals surface area (Å²) in [5.41, 5.74) is 1.82. The summed E-state index contributed by atoms with van der Waals surface area (Å²) in [6, 6.07) is 0. The van der Waals surface area contributed by atoms with Crippen LogP contribution in [-0.4, -0.2) is 25.0 Å². The molecule has 2 heterocycles. The first-order valence-electron chi connectivity index (χ1n) is 6.68. The summed E-state index contributed by atoms with van der Waals surface area (Å²) in [6.45, 7) is 9.51. The normalized spacial score (nSPS) is 11.1. The summed E-state index contributed by atoms with van der Waals surface area (Å²) in [5, 5.41) is 11.8. The highest BCUT2D eigenvalue weighted by Gasteiger charge is 2.12. The van der Waals surface area contributed by atoms with Gasteiger partial charge in [0.25, 0.3) is 0 Å². The first kappa shape index (κ1) is 14.9. The van der Waals surface area contributed by atoms with Gasteiger partial charge in [-0.25, -0.2) is 9.97 Å². The van der Waals surface area contributed by atoms with Gasteiger partial charge in [0.15, 0.2) is 0 Å². The molecular formula is C13H19BrN6. The molecule has 20 heavy (non-hydrogen) atoms. The van der Waals surface area contributed by atoms with Crippen LogP contribution in [0.2, 0.25) is 0 Å². The Hall–Kier alpha value is -1.50. The zero-order chi connectivity index (χ0) is 14.7. The fraction of sp³-hybridized carbons (Fsp3) is 0.538. The lowest BCUT2D eigenvalue weighted by atomic mass is 10.2. The van der Waals surface area contributed by atoms with Crippen molar-refractivity contribution >= 4 is 21.7 Å². The van der Waals surface area contributed by atoms with Gasteiger partial charge in [0.05, 0.1) is 29.5 Å². The Kier molecular flexibility index (Phi) is 4.69. The monoisotopic (exact) mass is 338 g/mol. The maximum Gasteiger partial charge on any atom is 0.144 e. The Balaban J connectivity index is 2.16. The molecule has 0 amide bonds. The SMILES string of the molecule is CCn1ncc(CNc2nc(C(C)C)nc(C)c2Br)n1. The number of anilines is 1. The average molecular weight is 339 g/mol. The summed E-state index contributed by atoms with van der Waals surface area (Å²) >= 11 is 3.53. The zero-order valence-corrected chi connectivity index (χ0v) is 13.8. The lowest BCUT2D eigenvalue weighted by Crippen LogP contribution is -2.09. The van der Waals surface area contributed by atoms with E-state index in [0.29, 0.717) is 12.5 Å². The molecule has 0 saturated heterocycles. The van der Waals surface area contributed by atoms with Crippen molar-refractivity contribution in [3.63, 3.8) is 0 Å². The summed E-state index contributed by atoms with van der Waals surface area (Å²) in [4.78, 5) is 10.7. The van der Waals surface area contributed by atoms with E-state index >= 15 is 0 Å². The van der Waals surface area contributed by atoms with E-state index in [2.05, 4.69) is 55.3 Å². The molecular weight excluding hydrogens is 320 g/mol. The maximum absolute atomic E-state index is 4.55. The van der Waals surface area contributed by atoms with E-state index in [4.69, 9.17) is 0 Å². The van der Waals surface area contributed by atoms with Crippen molar-refractivity contribution in [2.75, 3.05) is 5.32 Å². The Morgan fingerprint density at radius 2 is 2.10 bits per heavy atom. The first-order chi connectivity index (χ1) is 9.51. The van der Waals surface area contributed by atoms with Crippen LogP contribution in [0.3, 0.4) is 0 Å². The minimum absolute atomic E-state index is 0.295. The van der Waals surface area contributed by atoms with Gasteiger partial charge in [-0.05, 0) is 29.8 Å². The minimum Gasteiger partial charge on any atom is -0.363 e. The van der Waals surface area contributed by atoms with Crippen LogP contribution < -0.4 is 5.32 Å². The van der Waals surface area contributed by atoms with E-state index in [9.17, 15) is 0 Å². The van der Waals surface area contributed by atoms with Crippen LogP contribution >= 0.6 is 15.9 Å². The van der Waals surface area contributed by atoms with Crippen molar-refractivity contribution in [1.82, 2.24) is 25.0 Å². The highest BCUT2D eigenvalue weighted by Crippen LogP contribution is 2.25. The van der Waals surface area contributed by atoms with E-state index in [1.807, 2.05) is 13.8 Å². The number of nitrogens with one attached hydrogen (secondary N) is 1. The molecule has 6 nitrogen and oxygen atoms in total. The second-order valence-electron chi connectivity index (χ2n) is 4.86. The van der Waals surface area contributed by atoms with E-state index in [-0.39, 0.29) is 0 Å². The molecule has 0 atom stereocenters. The van der Waals surface area contributed by atoms with Gasteiger partial charge in [0.2, 0.25) is 0 Å². The molecule has 0 aliphatic rings. The third-order valence-electron chi connectivity index (χ3n) is 2.85. The molecule has 1 N–H and O–H groups in total. The Bertz CT molecular complexity index is 593. The highest BCUT2D eigenvalue weighted by molar-refractivity contribution is 9.10. The number of aryl methyl sites for hydroxylation is 2. The molecule has 0 aliphatic carbocycles. The van der Waals surface area contributed by atoms with Crippen LogP contribution in [0.25, 0.3) is 0 Å². The molecule has 0 unspecified atom stereocenters. The zero-order valence-electron chi connectivity index (χ0n) is 12.2. The Morgan fingerprint density at radius 3 is 2.70 bits per heavy atom. The van der Waals surface area contributed by atoms with E-state index < -0.39 is 0 Å². The van der Waals surface area contributed by atoms with Gasteiger partial charge in [-0.15, -0.1) is 0 Å². The molecule has 0 bridgehead atoms. The average Bonchev–Trinajstić information content (AvgIpc) is 2.88. The fourth-order valence-corrected chi connectivity index (χ4v) is 2.01. The van der Waals surface area contributed by atoms with E-state index in [1.165, 1.54) is 0 Å². The summed E-state index contributed by atoms with van der Waals surface area (Å²) in [6.07, 6.45) is 1.77. The van der Waals surface area contributed by atoms with Gasteiger partial charge in [-0.1, -0.05) is 13.8 Å². The van der Waals surface area contributed by atoms with Gasteiger partial charge in [-0.2, -0.15) is 15.0 Å². The smallest absolute Gasteiger partial charge is 0.144 e. The molecule has 0 aliphatic heterocycles. The molecule has 2 rings (SSSR count). The van der Waals surface area contributed by atoms with Crippen LogP contribution in [-0.2, 0) is 13.1 Å². The molecule has 0 spiro atoms. The fourth-order valence-electron chi connectivity index (χ4n) is 1.70. The van der Waals surface area contributed by atoms with Crippen molar-refractivity contribution < 1.29 is 0 Å². The second-order valence-corrected chi connectivity index (χ2v) is 5.66. The minimum atomic E-state index is 0.295. The molecule has 0 saturated carbocycles. The topological polar surface area (TPSA) is 68.5 Å². The van der Waals surface area contributed by atoms with Crippen molar-refractivity contribution in [3.8, 4) is 0 Å². The molecule has 7 heteroatoms. The lowest BCUT2D eigenvalue weighted by molar-refractivity contribution is 0.564. The Labute approximate surface area is 127 Å². The lowest BCUT2D eigenvalue weighted by Gasteiger charge is -2.12. The molecule has 2 aromatic rings. The third-order valence-corrected chi connectivity index (χ3v) is 3.80. The van der Waals surface area contributed by atoms with Gasteiger partial charge in [0, 0.05) is 5.92 Å². The van der Waals surface area contributed by atoms with Crippen molar-refractivity contribution in [3.05, 3.63) is 27.9 Å². The molecule has 0 aromatic carbocycles. The van der Waals surface area contributed by atoms with Crippen LogP contribution in [0.4, 0.5) is 5.82 Å². The van der Waals surface area contributed by atoms with E-state index in [1.54, 1.807) is 11.0 Å². The van der Waals surface area contributed by atoms with Gasteiger partial charge >= 0.3 is 0 Å². The predicted octanol–water partition coefficient (Wildman–Crippen LogP) is 2.89. The van der Waals surface area contributed by atoms with Crippen LogP contribution in [0, 0.1) is 6.92 Å². The molecule has 0 fully saturated rings. The number of nitrogens with zero attached hydrogens (tertiary/aromatic N) is 5. The van der Waals surface area contributed by atoms with Gasteiger partial charge in [0.1, 0.15) is 17.3 Å². The molecule has 2 aromatic heterocycles. The first-order valence-corrected chi connectivity index (χ1v) is 7.47. The second kappa shape index (κ2) is 6.30. The van der Waals surface area contributed by atoms with Crippen LogP contribution in [0.5, 0.6) is 0 Å². The number of aromatic nitrogens is 5. The molecule has 0 radical (unpaired) electrons. The quantitative estimate of drug-likeness (QED) is 0.907. The van der Waals surface area contributed by atoms with Gasteiger partial charge in [-0.3, -0.25) is 0 Å². The number of halogens is 1. The highest BCUT2D eigenvalue weighted by atomic mass is 79.9. The molecule has 108 valence electrons. The summed E-state index contributed by atoms with van der Waals surface area (Å²) in [5.74, 6) is 1.93. The Morgan fingerprint density at radius 1 is 1.35 bits per heavy atom. The number of rotatable bonds is 5.